The van der Waals surface area contributed by atoms with E-state index in [1.165, 1.54) is 16.4 Å². The van der Waals surface area contributed by atoms with Crippen molar-refractivity contribution in [3.63, 3.8) is 0 Å². The summed E-state index contributed by atoms with van der Waals surface area (Å²) in [6.45, 7) is 7.18. The average molecular weight is 338 g/mol. The topological polar surface area (TPSA) is 93.9 Å². The highest BCUT2D eigenvalue weighted by molar-refractivity contribution is 7.11. The van der Waals surface area contributed by atoms with Crippen LogP contribution in [0, 0.1) is 0 Å². The molecular formula is C16H26N4O2S. The third-order valence-electron chi connectivity index (χ3n) is 2.91. The number of amides is 1. The molecule has 0 atom stereocenters. The zero-order chi connectivity index (χ0) is 17.2. The first-order valence-electron chi connectivity index (χ1n) is 7.91. The lowest BCUT2D eigenvalue weighted by Gasteiger charge is -2.22. The van der Waals surface area contributed by atoms with Crippen LogP contribution < -0.4 is 11.5 Å². The van der Waals surface area contributed by atoms with E-state index >= 15 is 0 Å². The molecule has 0 saturated heterocycles. The van der Waals surface area contributed by atoms with Crippen LogP contribution in [0.15, 0.2) is 22.0 Å². The SMILES string of the molecule is CC.CCCN(OCCN)C(=O)C1=Cc2sccc2N=C(N)C1. The number of thiophene rings is 1. The number of rotatable bonds is 6. The van der Waals surface area contributed by atoms with Crippen molar-refractivity contribution in [3.05, 3.63) is 21.9 Å². The number of hydrogen-bond acceptors (Lipinski definition) is 6. The van der Waals surface area contributed by atoms with Crippen LogP contribution in [0.4, 0.5) is 5.69 Å². The lowest BCUT2D eigenvalue weighted by Crippen LogP contribution is -2.35. The van der Waals surface area contributed by atoms with Crippen molar-refractivity contribution in [1.29, 1.82) is 0 Å². The molecule has 2 heterocycles. The summed E-state index contributed by atoms with van der Waals surface area (Å²) in [6, 6.07) is 1.89. The number of amidine groups is 1. The van der Waals surface area contributed by atoms with Crippen molar-refractivity contribution in [2.75, 3.05) is 19.7 Å². The van der Waals surface area contributed by atoms with Crippen molar-refractivity contribution < 1.29 is 9.63 Å². The summed E-state index contributed by atoms with van der Waals surface area (Å²) < 4.78 is 0. The number of aliphatic imine (C=N–C) groups is 1. The third kappa shape index (κ3) is 5.46. The van der Waals surface area contributed by atoms with Crippen molar-refractivity contribution in [3.8, 4) is 0 Å². The fourth-order valence-electron chi connectivity index (χ4n) is 2.00. The van der Waals surface area contributed by atoms with Crippen molar-refractivity contribution in [1.82, 2.24) is 5.06 Å². The fraction of sp³-hybridized carbons (Fsp3) is 0.500. The number of fused-ring (bicyclic) bond motifs is 1. The highest BCUT2D eigenvalue weighted by Gasteiger charge is 2.22. The fourth-order valence-corrected chi connectivity index (χ4v) is 2.79. The highest BCUT2D eigenvalue weighted by Crippen LogP contribution is 2.31. The molecule has 1 aliphatic heterocycles. The Balaban J connectivity index is 0.00000127. The van der Waals surface area contributed by atoms with E-state index in [4.69, 9.17) is 16.3 Å². The highest BCUT2D eigenvalue weighted by atomic mass is 32.1. The van der Waals surface area contributed by atoms with Crippen LogP contribution in [0.3, 0.4) is 0 Å². The van der Waals surface area contributed by atoms with Gasteiger partial charge in [-0.1, -0.05) is 20.8 Å². The van der Waals surface area contributed by atoms with E-state index in [1.54, 1.807) is 0 Å². The summed E-state index contributed by atoms with van der Waals surface area (Å²) in [6.07, 6.45) is 2.98. The van der Waals surface area contributed by atoms with Gasteiger partial charge in [0.05, 0.1) is 17.2 Å². The molecule has 23 heavy (non-hydrogen) atoms. The van der Waals surface area contributed by atoms with Gasteiger partial charge in [-0.25, -0.2) is 10.1 Å². The van der Waals surface area contributed by atoms with E-state index in [1.807, 2.05) is 38.3 Å². The third-order valence-corrected chi connectivity index (χ3v) is 3.76. The normalized spacial score (nSPS) is 13.0. The summed E-state index contributed by atoms with van der Waals surface area (Å²) in [4.78, 5) is 23.3. The molecule has 0 radical (unpaired) electrons. The van der Waals surface area contributed by atoms with E-state index in [9.17, 15) is 4.79 Å². The van der Waals surface area contributed by atoms with E-state index < -0.39 is 0 Å². The molecule has 1 aliphatic rings. The second-order valence-electron chi connectivity index (χ2n) is 4.65. The molecule has 0 aromatic carbocycles. The molecule has 0 fully saturated rings. The zero-order valence-electron chi connectivity index (χ0n) is 14.0. The van der Waals surface area contributed by atoms with Crippen LogP contribution >= 0.6 is 11.3 Å². The Morgan fingerprint density at radius 1 is 1.48 bits per heavy atom. The molecule has 6 nitrogen and oxygen atoms in total. The van der Waals surface area contributed by atoms with Gasteiger partial charge in [-0.2, -0.15) is 0 Å². The van der Waals surface area contributed by atoms with Crippen LogP contribution in [0.2, 0.25) is 0 Å². The van der Waals surface area contributed by atoms with Crippen LogP contribution in [-0.2, 0) is 9.63 Å². The Bertz CT molecular complexity index is 566. The second-order valence-corrected chi connectivity index (χ2v) is 5.60. The number of carbonyl (C=O) groups is 1. The van der Waals surface area contributed by atoms with Gasteiger partial charge in [-0.15, -0.1) is 11.3 Å². The minimum absolute atomic E-state index is 0.176. The van der Waals surface area contributed by atoms with Gasteiger partial charge in [-0.3, -0.25) is 9.63 Å². The standard InChI is InChI=1S/C14H20N4O2S.C2H6/c1-2-5-18(20-6-4-15)14(19)10-8-12-11(3-7-21-12)17-13(16)9-10;1-2/h3,7-8H,2,4-6,9,15H2,1H3,(H2,16,17);1-2H3. The van der Waals surface area contributed by atoms with Gasteiger partial charge in [0.15, 0.2) is 0 Å². The maximum atomic E-state index is 12.6. The summed E-state index contributed by atoms with van der Waals surface area (Å²) in [5, 5.41) is 3.30. The molecule has 1 aromatic heterocycles. The largest absolute Gasteiger partial charge is 0.387 e. The molecule has 0 spiro atoms. The van der Waals surface area contributed by atoms with Gasteiger partial charge >= 0.3 is 0 Å². The Kier molecular flexibility index (Phi) is 8.53. The predicted molar refractivity (Wildman–Crippen MR) is 96.6 cm³/mol. The van der Waals surface area contributed by atoms with Gasteiger partial charge in [0, 0.05) is 25.1 Å². The maximum Gasteiger partial charge on any atom is 0.273 e. The van der Waals surface area contributed by atoms with Gasteiger partial charge in [0.1, 0.15) is 5.84 Å². The molecule has 128 valence electrons. The van der Waals surface area contributed by atoms with Crippen molar-refractivity contribution in [2.45, 2.75) is 33.6 Å². The number of nitrogens with two attached hydrogens (primary N) is 2. The molecule has 0 unspecified atom stereocenters. The first kappa shape index (κ1) is 19.3. The van der Waals surface area contributed by atoms with E-state index in [0.717, 1.165) is 17.0 Å². The Morgan fingerprint density at radius 2 is 2.22 bits per heavy atom. The van der Waals surface area contributed by atoms with Gasteiger partial charge < -0.3 is 11.5 Å². The van der Waals surface area contributed by atoms with Crippen molar-refractivity contribution >= 4 is 34.8 Å². The van der Waals surface area contributed by atoms with Gasteiger partial charge in [-0.05, 0) is 23.9 Å². The molecular weight excluding hydrogens is 312 g/mol. The Morgan fingerprint density at radius 3 is 2.87 bits per heavy atom. The lowest BCUT2D eigenvalue weighted by atomic mass is 10.1. The maximum absolute atomic E-state index is 12.6. The molecule has 0 saturated carbocycles. The number of nitrogens with zero attached hydrogens (tertiary/aromatic N) is 2. The monoisotopic (exact) mass is 338 g/mol. The van der Waals surface area contributed by atoms with Crippen molar-refractivity contribution in [2.24, 2.45) is 16.5 Å². The van der Waals surface area contributed by atoms with Crippen LogP contribution in [0.25, 0.3) is 6.08 Å². The summed E-state index contributed by atoms with van der Waals surface area (Å²) in [7, 11) is 0. The smallest absolute Gasteiger partial charge is 0.273 e. The summed E-state index contributed by atoms with van der Waals surface area (Å²) in [5.74, 6) is 0.256. The Hall–Kier alpha value is -1.70. The number of carbonyl (C=O) groups excluding carboxylic acids is 1. The van der Waals surface area contributed by atoms with Gasteiger partial charge in [0.25, 0.3) is 5.91 Å². The minimum atomic E-state index is -0.176. The average Bonchev–Trinajstić information content (AvgIpc) is 2.92. The lowest BCUT2D eigenvalue weighted by molar-refractivity contribution is -0.181. The molecule has 1 aromatic rings. The molecule has 7 heteroatoms. The summed E-state index contributed by atoms with van der Waals surface area (Å²) in [5.41, 5.74) is 12.7. The summed E-state index contributed by atoms with van der Waals surface area (Å²) >= 11 is 1.53. The van der Waals surface area contributed by atoms with Crippen LogP contribution in [0.5, 0.6) is 0 Å². The quantitative estimate of drug-likeness (QED) is 0.780. The van der Waals surface area contributed by atoms with Crippen LogP contribution in [-0.4, -0.2) is 36.5 Å². The molecule has 1 amide bonds. The first-order chi connectivity index (χ1) is 11.2. The minimum Gasteiger partial charge on any atom is -0.387 e. The molecule has 4 N–H and O–H groups in total. The Labute approximate surface area is 141 Å². The predicted octanol–water partition coefficient (Wildman–Crippen LogP) is 2.68. The first-order valence-corrected chi connectivity index (χ1v) is 8.79. The van der Waals surface area contributed by atoms with E-state index in [-0.39, 0.29) is 5.91 Å². The van der Waals surface area contributed by atoms with Gasteiger partial charge in [0.2, 0.25) is 0 Å². The van der Waals surface area contributed by atoms with Crippen LogP contribution in [0.1, 0.15) is 38.5 Å². The second kappa shape index (κ2) is 10.1. The van der Waals surface area contributed by atoms with E-state index in [0.29, 0.717) is 37.5 Å². The zero-order valence-corrected chi connectivity index (χ0v) is 14.9. The van der Waals surface area contributed by atoms with E-state index in [2.05, 4.69) is 4.99 Å². The molecule has 0 bridgehead atoms. The molecule has 2 rings (SSSR count). The molecule has 0 aliphatic carbocycles. The number of hydroxylamine groups is 2. The number of hydrogen-bond donors (Lipinski definition) is 2.